The van der Waals surface area contributed by atoms with E-state index in [2.05, 4.69) is 21.3 Å². The Bertz CT molecular complexity index is 1210. The molecule has 0 aromatic rings. The fourth-order valence-corrected chi connectivity index (χ4v) is 6.38. The second-order valence-corrected chi connectivity index (χ2v) is 13.7. The van der Waals surface area contributed by atoms with Crippen LogP contribution in [0.25, 0.3) is 0 Å². The first kappa shape index (κ1) is 47.6. The highest BCUT2D eigenvalue weighted by atomic mass is 19.4. The lowest BCUT2D eigenvalue weighted by Gasteiger charge is -2.43. The minimum absolute atomic E-state index is 0.00112. The van der Waals surface area contributed by atoms with Crippen LogP contribution in [0.4, 0.5) is 13.2 Å². The average molecular weight is 736 g/mol. The Labute approximate surface area is 302 Å². The summed E-state index contributed by atoms with van der Waals surface area (Å²) in [6.45, 7) is 20.2. The summed E-state index contributed by atoms with van der Waals surface area (Å²) in [6.07, 6.45) is -4.63. The van der Waals surface area contributed by atoms with Gasteiger partial charge in [0, 0.05) is 0 Å². The van der Waals surface area contributed by atoms with E-state index in [1.807, 2.05) is 5.32 Å². The van der Waals surface area contributed by atoms with Gasteiger partial charge in [-0.15, -0.1) is 0 Å². The molecule has 0 rings (SSSR count). The first-order valence-corrected chi connectivity index (χ1v) is 18.5. The molecule has 51 heavy (non-hydrogen) atoms. The van der Waals surface area contributed by atoms with Crippen molar-refractivity contribution >= 4 is 35.5 Å². The van der Waals surface area contributed by atoms with Crippen molar-refractivity contribution in [1.29, 1.82) is 0 Å². The van der Waals surface area contributed by atoms with Gasteiger partial charge in [0.15, 0.2) is 0 Å². The number of amides is 5. The number of carbonyl (C=O) groups is 6. The number of alkyl halides is 3. The molecule has 0 saturated heterocycles. The summed E-state index contributed by atoms with van der Waals surface area (Å²) in [7, 11) is 0. The third-order valence-electron chi connectivity index (χ3n) is 10.6. The second-order valence-electron chi connectivity index (χ2n) is 13.7. The maximum absolute atomic E-state index is 14.3. The molecular formula is C36H64F3N5O7. The summed E-state index contributed by atoms with van der Waals surface area (Å²) in [6, 6.07) is 0. The number of hydrogen-bond acceptors (Lipinski definition) is 7. The Morgan fingerprint density at radius 2 is 0.706 bits per heavy atom. The molecule has 0 saturated carbocycles. The van der Waals surface area contributed by atoms with Gasteiger partial charge in [0.1, 0.15) is 27.7 Å². The average Bonchev–Trinajstić information content (AvgIpc) is 3.09. The van der Waals surface area contributed by atoms with Crippen LogP contribution >= 0.6 is 0 Å². The molecule has 0 aliphatic rings. The molecule has 0 aromatic carbocycles. The van der Waals surface area contributed by atoms with E-state index in [0.29, 0.717) is 0 Å². The Balaban J connectivity index is 6.80. The lowest BCUT2D eigenvalue weighted by molar-refractivity contribution is -0.177. The van der Waals surface area contributed by atoms with Crippen LogP contribution in [0, 0.1) is 5.92 Å². The highest BCUT2D eigenvalue weighted by Crippen LogP contribution is 2.29. The first-order valence-electron chi connectivity index (χ1n) is 18.5. The number of ether oxygens (including phenoxy) is 1. The van der Waals surface area contributed by atoms with Crippen LogP contribution in [0.5, 0.6) is 0 Å². The Morgan fingerprint density at radius 1 is 0.451 bits per heavy atom. The molecule has 0 aliphatic heterocycles. The van der Waals surface area contributed by atoms with Gasteiger partial charge in [-0.25, -0.2) is 4.79 Å². The van der Waals surface area contributed by atoms with Crippen molar-refractivity contribution in [2.75, 3.05) is 6.61 Å². The monoisotopic (exact) mass is 735 g/mol. The van der Waals surface area contributed by atoms with E-state index in [1.165, 1.54) is 6.92 Å². The molecular weight excluding hydrogens is 671 g/mol. The van der Waals surface area contributed by atoms with Gasteiger partial charge in [-0.2, -0.15) is 13.2 Å². The molecule has 0 aliphatic carbocycles. The molecule has 0 aromatic heterocycles. The summed E-state index contributed by atoms with van der Waals surface area (Å²) >= 11 is 0. The molecule has 0 fully saturated rings. The third-order valence-corrected chi connectivity index (χ3v) is 10.6. The van der Waals surface area contributed by atoms with Gasteiger partial charge < -0.3 is 31.3 Å². The van der Waals surface area contributed by atoms with Gasteiger partial charge in [0.05, 0.1) is 6.61 Å². The molecule has 0 radical (unpaired) electrons. The number of esters is 1. The first-order chi connectivity index (χ1) is 23.6. The SMILES string of the molecule is CCOC(=O)C(CC)(CC)NC(=O)C(CC)(CC)NC(=O)C(CC)(CC)NC(=O)C(CC)(CC)NC(=O)[C@](CC)(CC(C)C)NC(=O)C(F)(F)F. The zero-order valence-corrected chi connectivity index (χ0v) is 32.8. The largest absolute Gasteiger partial charge is 0.471 e. The summed E-state index contributed by atoms with van der Waals surface area (Å²) in [4.78, 5) is 81.5. The summed E-state index contributed by atoms with van der Waals surface area (Å²) < 4.78 is 45.4. The van der Waals surface area contributed by atoms with E-state index in [4.69, 9.17) is 4.74 Å². The number of carbonyl (C=O) groups excluding carboxylic acids is 6. The van der Waals surface area contributed by atoms with E-state index >= 15 is 0 Å². The number of halogens is 3. The molecule has 15 heteroatoms. The van der Waals surface area contributed by atoms with E-state index in [9.17, 15) is 41.9 Å². The quantitative estimate of drug-likeness (QED) is 0.0961. The molecule has 0 heterocycles. The predicted molar refractivity (Wildman–Crippen MR) is 189 cm³/mol. The number of rotatable bonds is 22. The molecule has 296 valence electrons. The summed E-state index contributed by atoms with van der Waals surface area (Å²) in [5, 5.41) is 13.1. The van der Waals surface area contributed by atoms with Crippen LogP contribution in [0.3, 0.4) is 0 Å². The van der Waals surface area contributed by atoms with E-state index in [0.717, 1.165) is 0 Å². The van der Waals surface area contributed by atoms with Gasteiger partial charge in [-0.05, 0) is 77.0 Å². The molecule has 5 amide bonds. The molecule has 5 N–H and O–H groups in total. The van der Waals surface area contributed by atoms with Gasteiger partial charge >= 0.3 is 18.1 Å². The second kappa shape index (κ2) is 19.4. The normalized spacial score (nSPS) is 13.9. The van der Waals surface area contributed by atoms with Gasteiger partial charge in [-0.3, -0.25) is 24.0 Å². The molecule has 1 atom stereocenters. The van der Waals surface area contributed by atoms with Crippen LogP contribution in [-0.4, -0.2) is 76.0 Å². The van der Waals surface area contributed by atoms with E-state index in [1.54, 1.807) is 76.2 Å². The zero-order chi connectivity index (χ0) is 40.1. The Kier molecular flexibility index (Phi) is 18.2. The van der Waals surface area contributed by atoms with Crippen molar-refractivity contribution in [2.24, 2.45) is 5.92 Å². The van der Waals surface area contributed by atoms with Gasteiger partial charge in [0.25, 0.3) is 0 Å². The van der Waals surface area contributed by atoms with Crippen molar-refractivity contribution in [2.45, 2.75) is 181 Å². The van der Waals surface area contributed by atoms with Crippen molar-refractivity contribution < 1.29 is 46.7 Å². The lowest BCUT2D eigenvalue weighted by atomic mass is 9.81. The minimum Gasteiger partial charge on any atom is -0.464 e. The highest BCUT2D eigenvalue weighted by molar-refractivity contribution is 6.01. The maximum atomic E-state index is 14.3. The number of hydrogen-bond donors (Lipinski definition) is 5. The van der Waals surface area contributed by atoms with E-state index < -0.39 is 69.4 Å². The summed E-state index contributed by atoms with van der Waals surface area (Å²) in [5.41, 5.74) is -8.04. The van der Waals surface area contributed by atoms with Crippen molar-refractivity contribution in [3.05, 3.63) is 0 Å². The minimum atomic E-state index is -5.24. The Morgan fingerprint density at radius 3 is 0.941 bits per heavy atom. The van der Waals surface area contributed by atoms with E-state index in [-0.39, 0.29) is 76.7 Å². The zero-order valence-electron chi connectivity index (χ0n) is 32.8. The fourth-order valence-electron chi connectivity index (χ4n) is 6.38. The van der Waals surface area contributed by atoms with Crippen molar-refractivity contribution in [3.63, 3.8) is 0 Å². The van der Waals surface area contributed by atoms with Crippen LogP contribution in [-0.2, 0) is 33.5 Å². The smallest absolute Gasteiger partial charge is 0.464 e. The predicted octanol–water partition coefficient (Wildman–Crippen LogP) is 5.12. The van der Waals surface area contributed by atoms with Crippen molar-refractivity contribution in [1.82, 2.24) is 26.6 Å². The standard InChI is InChI=1S/C36H64F3N5O7/c1-13-31(14-2,25(45)41-33(17-5,18-6)27(47)43-34(19-7,20-8)30(50)51-22-10)40-26(46)32(15-3,16-4)42-28(48)35(21-9,23-24(11)12)44-29(49)36(37,38)39/h24H,13-23H2,1-12H3,(H,40,46)(H,41,45)(H,42,48)(H,43,47)(H,44,49)/t35-/m0/s1. The molecule has 0 bridgehead atoms. The fraction of sp³-hybridized carbons (Fsp3) is 0.833. The Hall–Kier alpha value is -3.39. The molecule has 12 nitrogen and oxygen atoms in total. The van der Waals surface area contributed by atoms with Crippen LogP contribution < -0.4 is 26.6 Å². The van der Waals surface area contributed by atoms with Crippen LogP contribution in [0.2, 0.25) is 0 Å². The van der Waals surface area contributed by atoms with Crippen LogP contribution in [0.1, 0.15) is 147 Å². The molecule has 0 spiro atoms. The lowest BCUT2D eigenvalue weighted by Crippen LogP contribution is -2.72. The number of nitrogens with one attached hydrogen (secondary N) is 5. The third kappa shape index (κ3) is 10.8. The van der Waals surface area contributed by atoms with Gasteiger partial charge in [0.2, 0.25) is 23.6 Å². The van der Waals surface area contributed by atoms with Gasteiger partial charge in [-0.1, -0.05) is 76.2 Å². The molecule has 0 unspecified atom stereocenters. The summed E-state index contributed by atoms with van der Waals surface area (Å²) in [5.74, 6) is -6.12. The maximum Gasteiger partial charge on any atom is 0.471 e. The van der Waals surface area contributed by atoms with Crippen molar-refractivity contribution in [3.8, 4) is 0 Å². The topological polar surface area (TPSA) is 172 Å². The highest BCUT2D eigenvalue weighted by Gasteiger charge is 2.52. The van der Waals surface area contributed by atoms with Crippen LogP contribution in [0.15, 0.2) is 0 Å².